The van der Waals surface area contributed by atoms with Crippen LogP contribution >= 0.6 is 12.2 Å². The van der Waals surface area contributed by atoms with Gasteiger partial charge in [-0.25, -0.2) is 0 Å². The first-order valence-electron chi connectivity index (χ1n) is 6.54. The van der Waals surface area contributed by atoms with Crippen LogP contribution in [0.2, 0.25) is 0 Å². The van der Waals surface area contributed by atoms with Gasteiger partial charge in [0.2, 0.25) is 0 Å². The van der Waals surface area contributed by atoms with Crippen LogP contribution in [0.5, 0.6) is 0 Å². The Hall–Kier alpha value is -2.48. The topological polar surface area (TPSA) is 86.7 Å². The van der Waals surface area contributed by atoms with Crippen molar-refractivity contribution in [3.05, 3.63) is 57.2 Å². The maximum atomic E-state index is 10.8. The molecule has 23 heavy (non-hydrogen) atoms. The summed E-state index contributed by atoms with van der Waals surface area (Å²) in [5.74, 6) is 0.424. The molecular formula is C14H7N5O2SSe. The van der Waals surface area contributed by atoms with Crippen LogP contribution in [-0.4, -0.2) is 38.4 Å². The number of nitro groups is 1. The molecule has 0 amide bonds. The van der Waals surface area contributed by atoms with Crippen molar-refractivity contribution >= 4 is 53.3 Å². The van der Waals surface area contributed by atoms with E-state index < -0.39 is 4.92 Å². The van der Waals surface area contributed by atoms with Gasteiger partial charge in [-0.05, 0) is 0 Å². The van der Waals surface area contributed by atoms with Gasteiger partial charge in [-0.15, -0.1) is 0 Å². The predicted octanol–water partition coefficient (Wildman–Crippen LogP) is 2.66. The first kappa shape index (κ1) is 14.1. The zero-order valence-electron chi connectivity index (χ0n) is 11.4. The fourth-order valence-electron chi connectivity index (χ4n) is 2.22. The summed E-state index contributed by atoms with van der Waals surface area (Å²) in [7, 11) is 0. The summed E-state index contributed by atoms with van der Waals surface area (Å²) in [6.45, 7) is 0. The zero-order chi connectivity index (χ0) is 16.0. The zero-order valence-corrected chi connectivity index (χ0v) is 13.9. The van der Waals surface area contributed by atoms with E-state index in [-0.39, 0.29) is 20.4 Å². The Bertz CT molecular complexity index is 1140. The summed E-state index contributed by atoms with van der Waals surface area (Å²) < 4.78 is 3.74. The molecule has 2 aromatic heterocycles. The minimum absolute atomic E-state index is 0.0327. The molecule has 0 atom stereocenters. The first-order valence-corrected chi connectivity index (χ1v) is 8.57. The number of hydrogen-bond acceptors (Lipinski definition) is 6. The summed E-state index contributed by atoms with van der Waals surface area (Å²) in [6.07, 6.45) is 0. The van der Waals surface area contributed by atoms with Gasteiger partial charge in [-0.1, -0.05) is 0 Å². The van der Waals surface area contributed by atoms with Gasteiger partial charge in [0.15, 0.2) is 0 Å². The number of hydrogen-bond donors (Lipinski definition) is 0. The number of aromatic nitrogens is 4. The molecule has 0 bridgehead atoms. The standard InChI is InChI=1S/C14H7N5O2SSe/c20-19(21)8-5-6-10-11(7-8)16-17-14(15-10)18-13(22)9-3-1-2-4-12(9)23-18/h1-7H. The number of nitrogens with zero attached hydrogens (tertiary/aromatic N) is 5. The van der Waals surface area contributed by atoms with E-state index in [2.05, 4.69) is 15.2 Å². The van der Waals surface area contributed by atoms with E-state index in [1.54, 1.807) is 6.07 Å². The quantitative estimate of drug-likeness (QED) is 0.227. The normalized spacial score (nSPS) is 11.1. The van der Waals surface area contributed by atoms with Gasteiger partial charge >= 0.3 is 140 Å². The Morgan fingerprint density at radius 3 is 2.74 bits per heavy atom. The molecule has 9 heteroatoms. The molecule has 0 aliphatic heterocycles. The average molecular weight is 388 g/mol. The molecule has 0 saturated carbocycles. The average Bonchev–Trinajstić information content (AvgIpc) is 2.91. The second-order valence-corrected chi connectivity index (χ2v) is 7.19. The van der Waals surface area contributed by atoms with Crippen molar-refractivity contribution in [3.8, 4) is 5.95 Å². The van der Waals surface area contributed by atoms with Crippen molar-refractivity contribution < 1.29 is 4.92 Å². The number of benzene rings is 2. The molecule has 2 heterocycles. The fourth-order valence-corrected chi connectivity index (χ4v) is 4.79. The van der Waals surface area contributed by atoms with E-state index in [1.807, 2.05) is 27.8 Å². The molecule has 0 unspecified atom stereocenters. The van der Waals surface area contributed by atoms with Crippen LogP contribution in [0.15, 0.2) is 42.5 Å². The Balaban J connectivity index is 1.91. The van der Waals surface area contributed by atoms with E-state index in [4.69, 9.17) is 12.2 Å². The Kier molecular flexibility index (Phi) is 3.26. The Morgan fingerprint density at radius 2 is 1.96 bits per heavy atom. The molecule has 4 aromatic rings. The van der Waals surface area contributed by atoms with Gasteiger partial charge in [0, 0.05) is 0 Å². The van der Waals surface area contributed by atoms with Crippen LogP contribution < -0.4 is 0 Å². The molecule has 112 valence electrons. The molecule has 2 aromatic carbocycles. The molecule has 0 spiro atoms. The molecule has 0 N–H and O–H groups in total. The van der Waals surface area contributed by atoms with Crippen LogP contribution in [0.4, 0.5) is 5.69 Å². The molecule has 7 nitrogen and oxygen atoms in total. The van der Waals surface area contributed by atoms with Crippen LogP contribution in [-0.2, 0) is 0 Å². The SMILES string of the molecule is O=[N+]([O-])c1ccc2nc(-n3[se]c4ccccc4c3=S)nnc2c1. The third kappa shape index (κ3) is 2.35. The van der Waals surface area contributed by atoms with Crippen molar-refractivity contribution in [2.45, 2.75) is 0 Å². The van der Waals surface area contributed by atoms with Crippen LogP contribution in [0.3, 0.4) is 0 Å². The molecule has 0 saturated heterocycles. The number of rotatable bonds is 2. The number of non-ortho nitro benzene ring substituents is 1. The predicted molar refractivity (Wildman–Crippen MR) is 88.6 cm³/mol. The maximum absolute atomic E-state index is 10.8. The summed E-state index contributed by atoms with van der Waals surface area (Å²) in [5, 5.41) is 20.0. The van der Waals surface area contributed by atoms with Crippen molar-refractivity contribution in [1.29, 1.82) is 0 Å². The van der Waals surface area contributed by atoms with Crippen LogP contribution in [0, 0.1) is 14.8 Å². The monoisotopic (exact) mass is 389 g/mol. The van der Waals surface area contributed by atoms with Crippen molar-refractivity contribution in [3.63, 3.8) is 0 Å². The van der Waals surface area contributed by atoms with Gasteiger partial charge in [0.05, 0.1) is 0 Å². The van der Waals surface area contributed by atoms with Gasteiger partial charge in [0.25, 0.3) is 0 Å². The van der Waals surface area contributed by atoms with E-state index >= 15 is 0 Å². The third-order valence-corrected chi connectivity index (χ3v) is 6.24. The molecule has 0 aliphatic carbocycles. The van der Waals surface area contributed by atoms with E-state index in [0.29, 0.717) is 21.6 Å². The van der Waals surface area contributed by atoms with Crippen molar-refractivity contribution in [2.24, 2.45) is 0 Å². The molecule has 0 fully saturated rings. The van der Waals surface area contributed by atoms with E-state index in [1.165, 1.54) is 16.4 Å². The summed E-state index contributed by atoms with van der Waals surface area (Å²) >= 11 is 5.46. The second kappa shape index (κ2) is 5.31. The number of nitro benzene ring substituents is 1. The van der Waals surface area contributed by atoms with E-state index in [9.17, 15) is 10.1 Å². The van der Waals surface area contributed by atoms with Crippen molar-refractivity contribution in [1.82, 2.24) is 18.7 Å². The van der Waals surface area contributed by atoms with Crippen LogP contribution in [0.25, 0.3) is 26.6 Å². The van der Waals surface area contributed by atoms with Gasteiger partial charge in [-0.2, -0.15) is 0 Å². The first-order chi connectivity index (χ1) is 11.1. The van der Waals surface area contributed by atoms with Gasteiger partial charge < -0.3 is 0 Å². The minimum atomic E-state index is -0.468. The van der Waals surface area contributed by atoms with Crippen molar-refractivity contribution in [2.75, 3.05) is 0 Å². The second-order valence-electron chi connectivity index (χ2n) is 4.73. The third-order valence-electron chi connectivity index (χ3n) is 3.31. The molecule has 4 rings (SSSR count). The summed E-state index contributed by atoms with van der Waals surface area (Å²) in [5.41, 5.74) is 0.905. The Morgan fingerprint density at radius 1 is 1.13 bits per heavy atom. The van der Waals surface area contributed by atoms with Crippen LogP contribution in [0.1, 0.15) is 0 Å². The van der Waals surface area contributed by atoms with Gasteiger partial charge in [-0.3, -0.25) is 0 Å². The number of fused-ring (bicyclic) bond motifs is 2. The molecular weight excluding hydrogens is 381 g/mol. The Labute approximate surface area is 140 Å². The summed E-state index contributed by atoms with van der Waals surface area (Å²) in [6, 6.07) is 12.3. The fraction of sp³-hybridized carbons (Fsp3) is 0. The van der Waals surface area contributed by atoms with E-state index in [0.717, 1.165) is 5.39 Å². The van der Waals surface area contributed by atoms with Gasteiger partial charge in [0.1, 0.15) is 0 Å². The molecule has 0 aliphatic rings. The summed E-state index contributed by atoms with van der Waals surface area (Å²) in [4.78, 5) is 14.8. The molecule has 0 radical (unpaired) electrons.